The molecule has 0 radical (unpaired) electrons. The molecule has 86 valence electrons. The van der Waals surface area contributed by atoms with Crippen molar-refractivity contribution in [3.8, 4) is 0 Å². The summed E-state index contributed by atoms with van der Waals surface area (Å²) in [5.41, 5.74) is 4.85. The van der Waals surface area contributed by atoms with Gasteiger partial charge in [0.1, 0.15) is 5.15 Å². The van der Waals surface area contributed by atoms with Crippen LogP contribution >= 0.6 is 23.4 Å². The predicted molar refractivity (Wildman–Crippen MR) is 66.2 cm³/mol. The zero-order valence-corrected chi connectivity index (χ0v) is 10.8. The van der Waals surface area contributed by atoms with Gasteiger partial charge in [0.25, 0.3) is 0 Å². The lowest BCUT2D eigenvalue weighted by molar-refractivity contribution is 0.574. The van der Waals surface area contributed by atoms with Crippen LogP contribution in [0.3, 0.4) is 0 Å². The molecule has 3 N–H and O–H groups in total. The molecule has 1 aromatic rings. The van der Waals surface area contributed by atoms with Crippen molar-refractivity contribution in [3.63, 3.8) is 0 Å². The molecule has 0 spiro atoms. The summed E-state index contributed by atoms with van der Waals surface area (Å²) < 4.78 is 1.69. The van der Waals surface area contributed by atoms with E-state index in [4.69, 9.17) is 17.4 Å². The maximum Gasteiger partial charge on any atom is 0.130 e. The monoisotopic (exact) mass is 248 g/mol. The molecule has 0 saturated heterocycles. The van der Waals surface area contributed by atoms with Gasteiger partial charge in [-0.05, 0) is 19.6 Å². The Balaban J connectivity index is 2.78. The first-order chi connectivity index (χ1) is 7.10. The van der Waals surface area contributed by atoms with Gasteiger partial charge in [-0.25, -0.2) is 0 Å². The Morgan fingerprint density at radius 2 is 2.33 bits per heavy atom. The summed E-state index contributed by atoms with van der Waals surface area (Å²) in [5.74, 6) is 6.44. The number of nitrogens with one attached hydrogen (secondary N) is 1. The lowest BCUT2D eigenvalue weighted by Crippen LogP contribution is -2.38. The Kier molecular flexibility index (Phi) is 4.92. The van der Waals surface area contributed by atoms with Crippen LogP contribution in [-0.4, -0.2) is 27.8 Å². The van der Waals surface area contributed by atoms with Crippen molar-refractivity contribution in [1.29, 1.82) is 0 Å². The lowest BCUT2D eigenvalue weighted by atomic mass is 10.1. The summed E-state index contributed by atoms with van der Waals surface area (Å²) in [4.78, 5) is 0. The highest BCUT2D eigenvalue weighted by Crippen LogP contribution is 2.20. The molecule has 1 atom stereocenters. The van der Waals surface area contributed by atoms with E-state index in [-0.39, 0.29) is 6.04 Å². The molecule has 6 heteroatoms. The van der Waals surface area contributed by atoms with Crippen molar-refractivity contribution in [2.45, 2.75) is 19.4 Å². The number of rotatable bonds is 5. The summed E-state index contributed by atoms with van der Waals surface area (Å²) >= 11 is 7.90. The van der Waals surface area contributed by atoms with Crippen molar-refractivity contribution < 1.29 is 0 Å². The standard InChI is InChI=1S/C9H17ClN4S/c1-6-8(9(10)14(2)13-6)4-7(12-11)5-15-3/h7,12H,4-5,11H2,1-3H3. The minimum absolute atomic E-state index is 0.236. The second-order valence-corrected chi connectivity index (χ2v) is 4.77. The van der Waals surface area contributed by atoms with Gasteiger partial charge in [-0.2, -0.15) is 16.9 Å². The van der Waals surface area contributed by atoms with E-state index < -0.39 is 0 Å². The molecule has 4 nitrogen and oxygen atoms in total. The molecule has 1 heterocycles. The van der Waals surface area contributed by atoms with E-state index in [2.05, 4.69) is 16.8 Å². The van der Waals surface area contributed by atoms with Gasteiger partial charge in [-0.3, -0.25) is 16.0 Å². The highest BCUT2D eigenvalue weighted by Gasteiger charge is 2.15. The number of nitrogens with two attached hydrogens (primary N) is 1. The third-order valence-electron chi connectivity index (χ3n) is 2.32. The molecule has 0 aliphatic heterocycles. The maximum absolute atomic E-state index is 6.14. The molecule has 0 saturated carbocycles. The van der Waals surface area contributed by atoms with E-state index in [0.717, 1.165) is 23.4 Å². The second-order valence-electron chi connectivity index (χ2n) is 3.50. The fourth-order valence-electron chi connectivity index (χ4n) is 1.52. The van der Waals surface area contributed by atoms with Crippen molar-refractivity contribution in [2.24, 2.45) is 12.9 Å². The van der Waals surface area contributed by atoms with Crippen LogP contribution in [0, 0.1) is 6.92 Å². The molecular formula is C9H17ClN4S. The molecule has 1 unspecified atom stereocenters. The van der Waals surface area contributed by atoms with Gasteiger partial charge in [0.2, 0.25) is 0 Å². The Morgan fingerprint density at radius 1 is 1.67 bits per heavy atom. The summed E-state index contributed by atoms with van der Waals surface area (Å²) in [6.45, 7) is 1.97. The molecule has 0 aliphatic rings. The fourth-order valence-corrected chi connectivity index (χ4v) is 2.39. The topological polar surface area (TPSA) is 55.9 Å². The zero-order chi connectivity index (χ0) is 11.4. The van der Waals surface area contributed by atoms with Crippen LogP contribution in [0.4, 0.5) is 0 Å². The van der Waals surface area contributed by atoms with Gasteiger partial charge in [0.15, 0.2) is 0 Å². The van der Waals surface area contributed by atoms with Crippen LogP contribution in [0.15, 0.2) is 0 Å². The van der Waals surface area contributed by atoms with Crippen LogP contribution in [-0.2, 0) is 13.5 Å². The molecule has 0 aliphatic carbocycles. The van der Waals surface area contributed by atoms with Crippen LogP contribution < -0.4 is 11.3 Å². The number of hydrogen-bond donors (Lipinski definition) is 2. The van der Waals surface area contributed by atoms with Gasteiger partial charge >= 0.3 is 0 Å². The minimum Gasteiger partial charge on any atom is -0.271 e. The Morgan fingerprint density at radius 3 is 2.73 bits per heavy atom. The maximum atomic E-state index is 6.14. The number of hydrazine groups is 1. The van der Waals surface area contributed by atoms with Crippen LogP contribution in [0.25, 0.3) is 0 Å². The van der Waals surface area contributed by atoms with E-state index in [1.54, 1.807) is 16.4 Å². The lowest BCUT2D eigenvalue weighted by Gasteiger charge is -2.14. The molecule has 0 bridgehead atoms. The number of thioether (sulfide) groups is 1. The van der Waals surface area contributed by atoms with Crippen molar-refractivity contribution in [3.05, 3.63) is 16.4 Å². The number of nitrogens with zero attached hydrogens (tertiary/aromatic N) is 2. The van der Waals surface area contributed by atoms with Crippen LogP contribution in [0.5, 0.6) is 0 Å². The van der Waals surface area contributed by atoms with Gasteiger partial charge in [-0.15, -0.1) is 0 Å². The first kappa shape index (κ1) is 12.8. The first-order valence-electron chi connectivity index (χ1n) is 4.73. The highest BCUT2D eigenvalue weighted by molar-refractivity contribution is 7.98. The molecule has 0 fully saturated rings. The highest BCUT2D eigenvalue weighted by atomic mass is 35.5. The van der Waals surface area contributed by atoms with E-state index in [9.17, 15) is 0 Å². The average molecular weight is 249 g/mol. The van der Waals surface area contributed by atoms with Crippen LogP contribution in [0.1, 0.15) is 11.3 Å². The number of aryl methyl sites for hydroxylation is 2. The number of aromatic nitrogens is 2. The van der Waals surface area contributed by atoms with Crippen molar-refractivity contribution in [2.75, 3.05) is 12.0 Å². The average Bonchev–Trinajstić information content (AvgIpc) is 2.44. The van der Waals surface area contributed by atoms with Gasteiger partial charge in [-0.1, -0.05) is 11.6 Å². The second kappa shape index (κ2) is 5.75. The molecule has 15 heavy (non-hydrogen) atoms. The summed E-state index contributed by atoms with van der Waals surface area (Å²) in [7, 11) is 1.85. The van der Waals surface area contributed by atoms with E-state index >= 15 is 0 Å². The Labute approximate surface area is 99.5 Å². The Hall–Kier alpha value is -0.230. The van der Waals surface area contributed by atoms with Crippen molar-refractivity contribution in [1.82, 2.24) is 15.2 Å². The Bertz CT molecular complexity index is 326. The molecule has 0 amide bonds. The van der Waals surface area contributed by atoms with Crippen LogP contribution in [0.2, 0.25) is 5.15 Å². The van der Waals surface area contributed by atoms with Gasteiger partial charge < -0.3 is 0 Å². The molecular weight excluding hydrogens is 232 g/mol. The van der Waals surface area contributed by atoms with Gasteiger partial charge in [0.05, 0.1) is 5.69 Å². The number of halogens is 1. The zero-order valence-electron chi connectivity index (χ0n) is 9.25. The number of hydrogen-bond acceptors (Lipinski definition) is 4. The van der Waals surface area contributed by atoms with Crippen molar-refractivity contribution >= 4 is 23.4 Å². The summed E-state index contributed by atoms with van der Waals surface area (Å²) in [6.07, 6.45) is 2.87. The largest absolute Gasteiger partial charge is 0.271 e. The molecule has 0 aromatic carbocycles. The third kappa shape index (κ3) is 3.11. The molecule has 1 aromatic heterocycles. The van der Waals surface area contributed by atoms with E-state index in [0.29, 0.717) is 5.15 Å². The first-order valence-corrected chi connectivity index (χ1v) is 6.50. The normalized spacial score (nSPS) is 13.1. The quantitative estimate of drug-likeness (QED) is 0.606. The SMILES string of the molecule is CSCC(Cc1c(C)nn(C)c1Cl)NN. The van der Waals surface area contributed by atoms with E-state index in [1.807, 2.05) is 14.0 Å². The summed E-state index contributed by atoms with van der Waals surface area (Å²) in [5, 5.41) is 4.97. The van der Waals surface area contributed by atoms with E-state index in [1.165, 1.54) is 0 Å². The molecule has 1 rings (SSSR count). The smallest absolute Gasteiger partial charge is 0.130 e. The third-order valence-corrected chi connectivity index (χ3v) is 3.53. The predicted octanol–water partition coefficient (Wildman–Crippen LogP) is 1.12. The minimum atomic E-state index is 0.236. The summed E-state index contributed by atoms with van der Waals surface area (Å²) in [6, 6.07) is 0.236. The fraction of sp³-hybridized carbons (Fsp3) is 0.667. The van der Waals surface area contributed by atoms with Gasteiger partial charge in [0, 0.05) is 24.4 Å².